The van der Waals surface area contributed by atoms with Gasteiger partial charge in [-0.3, -0.25) is 9.36 Å². The first-order chi connectivity index (χ1) is 12.6. The number of hydrogen-bond acceptors (Lipinski definition) is 4. The summed E-state index contributed by atoms with van der Waals surface area (Å²) >= 11 is 1.44. The summed E-state index contributed by atoms with van der Waals surface area (Å²) in [5.41, 5.74) is 1.89. The van der Waals surface area contributed by atoms with E-state index in [0.717, 1.165) is 22.2 Å². The van der Waals surface area contributed by atoms with Crippen molar-refractivity contribution in [1.82, 2.24) is 14.5 Å². The van der Waals surface area contributed by atoms with Crippen LogP contribution in [-0.2, 0) is 4.79 Å². The molecule has 0 saturated heterocycles. The predicted molar refractivity (Wildman–Crippen MR) is 104 cm³/mol. The Morgan fingerprint density at radius 3 is 2.62 bits per heavy atom. The smallest absolute Gasteiger partial charge is 0.240 e. The minimum Gasteiger partial charge on any atom is -0.497 e. The Morgan fingerprint density at radius 2 is 1.92 bits per heavy atom. The van der Waals surface area contributed by atoms with Gasteiger partial charge >= 0.3 is 0 Å². The predicted octanol–water partition coefficient (Wildman–Crippen LogP) is 3.80. The van der Waals surface area contributed by atoms with Gasteiger partial charge in [-0.25, -0.2) is 4.98 Å². The van der Waals surface area contributed by atoms with E-state index in [-0.39, 0.29) is 11.2 Å². The molecule has 0 fully saturated rings. The molecule has 0 saturated carbocycles. The van der Waals surface area contributed by atoms with E-state index < -0.39 is 0 Å². The van der Waals surface area contributed by atoms with Crippen molar-refractivity contribution in [1.29, 1.82) is 0 Å². The maximum absolute atomic E-state index is 12.8. The third-order valence-corrected chi connectivity index (χ3v) is 5.15. The third kappa shape index (κ3) is 3.91. The molecule has 26 heavy (non-hydrogen) atoms. The molecule has 1 unspecified atom stereocenters. The second-order valence-corrected chi connectivity index (χ2v) is 6.99. The topological polar surface area (TPSA) is 47.4 Å². The normalized spacial score (nSPS) is 11.8. The van der Waals surface area contributed by atoms with Crippen molar-refractivity contribution in [3.05, 3.63) is 72.6 Å². The van der Waals surface area contributed by atoms with Crippen LogP contribution < -0.4 is 4.74 Å². The van der Waals surface area contributed by atoms with Gasteiger partial charge in [0.05, 0.1) is 12.8 Å². The molecule has 3 aromatic rings. The SMILES string of the molecule is COc1cccc(-n2ccnc2SC(C(=O)N(C)C)c2ccccc2)c1. The lowest BCUT2D eigenvalue weighted by molar-refractivity contribution is -0.128. The number of hydrogen-bond donors (Lipinski definition) is 0. The molecular formula is C20H21N3O2S. The molecular weight excluding hydrogens is 346 g/mol. The molecule has 0 radical (unpaired) electrons. The maximum atomic E-state index is 12.8. The van der Waals surface area contributed by atoms with Gasteiger partial charge in [0, 0.05) is 32.6 Å². The molecule has 1 amide bonds. The first kappa shape index (κ1) is 18.1. The van der Waals surface area contributed by atoms with Gasteiger partial charge in [0.2, 0.25) is 5.91 Å². The monoisotopic (exact) mass is 367 g/mol. The number of imidazole rings is 1. The van der Waals surface area contributed by atoms with Crippen LogP contribution in [0.25, 0.3) is 5.69 Å². The van der Waals surface area contributed by atoms with Crippen molar-refractivity contribution < 1.29 is 9.53 Å². The fraction of sp³-hybridized carbons (Fsp3) is 0.200. The molecule has 1 heterocycles. The summed E-state index contributed by atoms with van der Waals surface area (Å²) in [5, 5.41) is 0.389. The van der Waals surface area contributed by atoms with Gasteiger partial charge in [-0.15, -0.1) is 0 Å². The van der Waals surface area contributed by atoms with E-state index >= 15 is 0 Å². The standard InChI is InChI=1S/C20H21N3O2S/c1-22(2)19(24)18(15-8-5-4-6-9-15)26-20-21-12-13-23(20)16-10-7-11-17(14-16)25-3/h4-14,18H,1-3H3. The molecule has 0 N–H and O–H groups in total. The molecule has 1 atom stereocenters. The fourth-order valence-electron chi connectivity index (χ4n) is 2.56. The Balaban J connectivity index is 1.96. The molecule has 2 aromatic carbocycles. The number of rotatable bonds is 6. The summed E-state index contributed by atoms with van der Waals surface area (Å²) in [7, 11) is 5.19. The van der Waals surface area contributed by atoms with Crippen molar-refractivity contribution in [2.24, 2.45) is 0 Å². The summed E-state index contributed by atoms with van der Waals surface area (Å²) in [4.78, 5) is 18.9. The summed E-state index contributed by atoms with van der Waals surface area (Å²) in [5.74, 6) is 0.803. The lowest BCUT2D eigenvalue weighted by atomic mass is 10.1. The number of carbonyl (C=O) groups is 1. The molecule has 0 aliphatic heterocycles. The van der Waals surface area contributed by atoms with E-state index in [4.69, 9.17) is 4.74 Å². The molecule has 5 nitrogen and oxygen atoms in total. The number of methoxy groups -OCH3 is 1. The van der Waals surface area contributed by atoms with Crippen LogP contribution in [0.15, 0.2) is 72.1 Å². The highest BCUT2D eigenvalue weighted by atomic mass is 32.2. The average molecular weight is 367 g/mol. The molecule has 0 spiro atoms. The summed E-state index contributed by atoms with van der Waals surface area (Å²) in [6.07, 6.45) is 3.63. The number of thioether (sulfide) groups is 1. The summed E-state index contributed by atoms with van der Waals surface area (Å²) in [6.45, 7) is 0. The van der Waals surface area contributed by atoms with E-state index in [1.807, 2.05) is 65.4 Å². The number of aromatic nitrogens is 2. The zero-order valence-electron chi connectivity index (χ0n) is 15.0. The Labute approximate surface area is 157 Å². The zero-order chi connectivity index (χ0) is 18.5. The van der Waals surface area contributed by atoms with Crippen LogP contribution >= 0.6 is 11.8 Å². The third-order valence-electron chi connectivity index (χ3n) is 3.93. The van der Waals surface area contributed by atoms with Crippen molar-refractivity contribution in [2.75, 3.05) is 21.2 Å². The van der Waals surface area contributed by atoms with Crippen LogP contribution in [0.3, 0.4) is 0 Å². The highest BCUT2D eigenvalue weighted by Crippen LogP contribution is 2.36. The van der Waals surface area contributed by atoms with Crippen LogP contribution in [0.2, 0.25) is 0 Å². The van der Waals surface area contributed by atoms with Crippen LogP contribution in [-0.4, -0.2) is 41.6 Å². The van der Waals surface area contributed by atoms with E-state index in [0.29, 0.717) is 0 Å². The number of amides is 1. The quantitative estimate of drug-likeness (QED) is 0.622. The van der Waals surface area contributed by atoms with Gasteiger partial charge in [0.1, 0.15) is 11.0 Å². The van der Waals surface area contributed by atoms with Gasteiger partial charge < -0.3 is 9.64 Å². The van der Waals surface area contributed by atoms with E-state index in [1.165, 1.54) is 11.8 Å². The zero-order valence-corrected chi connectivity index (χ0v) is 15.8. The number of likely N-dealkylation sites (N-methyl/N-ethyl adjacent to an activating group) is 1. The highest BCUT2D eigenvalue weighted by molar-refractivity contribution is 8.00. The van der Waals surface area contributed by atoms with Crippen molar-refractivity contribution >= 4 is 17.7 Å². The molecule has 6 heteroatoms. The number of benzene rings is 2. The first-order valence-corrected chi connectivity index (χ1v) is 9.08. The van der Waals surface area contributed by atoms with Gasteiger partial charge in [-0.05, 0) is 17.7 Å². The van der Waals surface area contributed by atoms with E-state index in [2.05, 4.69) is 4.98 Å². The van der Waals surface area contributed by atoms with Gasteiger partial charge in [-0.1, -0.05) is 48.2 Å². The van der Waals surface area contributed by atoms with E-state index in [1.54, 1.807) is 32.3 Å². The molecule has 0 aliphatic carbocycles. The summed E-state index contributed by atoms with van der Waals surface area (Å²) < 4.78 is 7.28. The number of ether oxygens (including phenoxy) is 1. The lowest BCUT2D eigenvalue weighted by Gasteiger charge is -2.20. The Morgan fingerprint density at radius 1 is 1.15 bits per heavy atom. The van der Waals surface area contributed by atoms with Gasteiger partial charge in [0.15, 0.2) is 5.16 Å². The second kappa shape index (κ2) is 8.10. The number of carbonyl (C=O) groups excluding carboxylic acids is 1. The van der Waals surface area contributed by atoms with Crippen LogP contribution in [0.1, 0.15) is 10.8 Å². The fourth-order valence-corrected chi connectivity index (χ4v) is 3.78. The van der Waals surface area contributed by atoms with Crippen LogP contribution in [0.5, 0.6) is 5.75 Å². The first-order valence-electron chi connectivity index (χ1n) is 8.20. The highest BCUT2D eigenvalue weighted by Gasteiger charge is 2.25. The minimum atomic E-state index is -0.363. The van der Waals surface area contributed by atoms with Gasteiger partial charge in [-0.2, -0.15) is 0 Å². The van der Waals surface area contributed by atoms with Gasteiger partial charge in [0.25, 0.3) is 0 Å². The molecule has 1 aromatic heterocycles. The maximum Gasteiger partial charge on any atom is 0.240 e. The van der Waals surface area contributed by atoms with Crippen LogP contribution in [0.4, 0.5) is 0 Å². The average Bonchev–Trinajstić information content (AvgIpc) is 3.14. The lowest BCUT2D eigenvalue weighted by Crippen LogP contribution is -2.26. The van der Waals surface area contributed by atoms with E-state index in [9.17, 15) is 4.79 Å². The Bertz CT molecular complexity index is 878. The van der Waals surface area contributed by atoms with Crippen molar-refractivity contribution in [2.45, 2.75) is 10.4 Å². The Hall–Kier alpha value is -2.73. The molecule has 0 aliphatic rings. The van der Waals surface area contributed by atoms with Crippen molar-refractivity contribution in [3.8, 4) is 11.4 Å². The second-order valence-electron chi connectivity index (χ2n) is 5.92. The molecule has 3 rings (SSSR count). The number of nitrogens with zero attached hydrogens (tertiary/aromatic N) is 3. The van der Waals surface area contributed by atoms with Crippen molar-refractivity contribution in [3.63, 3.8) is 0 Å². The molecule has 134 valence electrons. The minimum absolute atomic E-state index is 0.0291. The summed E-state index contributed by atoms with van der Waals surface area (Å²) in [6, 6.07) is 17.5. The molecule has 0 bridgehead atoms. The Kier molecular flexibility index (Phi) is 5.63. The largest absolute Gasteiger partial charge is 0.497 e. The van der Waals surface area contributed by atoms with Crippen LogP contribution in [0, 0.1) is 0 Å².